The van der Waals surface area contributed by atoms with Crippen LogP contribution in [-0.2, 0) is 11.2 Å². The van der Waals surface area contributed by atoms with Gasteiger partial charge in [0, 0.05) is 41.6 Å². The van der Waals surface area contributed by atoms with Crippen LogP contribution in [0, 0.1) is 0 Å². The zero-order chi connectivity index (χ0) is 19.5. The lowest BCUT2D eigenvalue weighted by molar-refractivity contribution is -0.130. The summed E-state index contributed by atoms with van der Waals surface area (Å²) in [5.74, 6) is 0.986. The third-order valence-corrected chi connectivity index (χ3v) is 6.14. The largest absolute Gasteiger partial charge is 0.352 e. The van der Waals surface area contributed by atoms with Gasteiger partial charge in [-0.25, -0.2) is 0 Å². The van der Waals surface area contributed by atoms with E-state index < -0.39 is 0 Å². The third-order valence-electron chi connectivity index (χ3n) is 4.72. The van der Waals surface area contributed by atoms with Gasteiger partial charge >= 0.3 is 0 Å². The minimum absolute atomic E-state index is 0.181. The summed E-state index contributed by atoms with van der Waals surface area (Å²) in [4.78, 5) is 17.6. The molecule has 0 atom stereocenters. The molecule has 28 heavy (non-hydrogen) atoms. The van der Waals surface area contributed by atoms with Crippen molar-refractivity contribution in [2.75, 3.05) is 31.1 Å². The van der Waals surface area contributed by atoms with Crippen LogP contribution in [0.4, 0.5) is 5.82 Å². The van der Waals surface area contributed by atoms with Crippen LogP contribution in [0.5, 0.6) is 0 Å². The predicted molar refractivity (Wildman–Crippen MR) is 114 cm³/mol. The van der Waals surface area contributed by atoms with E-state index in [4.69, 9.17) is 23.2 Å². The van der Waals surface area contributed by atoms with Gasteiger partial charge < -0.3 is 9.80 Å². The molecule has 1 amide bonds. The monoisotopic (exact) mass is 432 g/mol. The minimum atomic E-state index is 0.181. The van der Waals surface area contributed by atoms with Gasteiger partial charge in [-0.3, -0.25) is 4.79 Å². The van der Waals surface area contributed by atoms with Gasteiger partial charge in [-0.15, -0.1) is 21.5 Å². The van der Waals surface area contributed by atoms with Crippen molar-refractivity contribution in [2.45, 2.75) is 6.42 Å². The van der Waals surface area contributed by atoms with E-state index >= 15 is 0 Å². The van der Waals surface area contributed by atoms with E-state index in [1.807, 2.05) is 40.6 Å². The van der Waals surface area contributed by atoms with Gasteiger partial charge in [-0.05, 0) is 41.8 Å². The van der Waals surface area contributed by atoms with Crippen molar-refractivity contribution in [3.05, 3.63) is 62.8 Å². The second-order valence-electron chi connectivity index (χ2n) is 6.52. The number of nitrogens with zero attached hydrogens (tertiary/aromatic N) is 4. The van der Waals surface area contributed by atoms with Crippen molar-refractivity contribution in [1.82, 2.24) is 15.1 Å². The summed E-state index contributed by atoms with van der Waals surface area (Å²) in [5, 5.41) is 11.8. The van der Waals surface area contributed by atoms with Crippen LogP contribution in [0.2, 0.25) is 10.0 Å². The molecule has 8 heteroatoms. The van der Waals surface area contributed by atoms with E-state index in [1.54, 1.807) is 23.5 Å². The molecule has 4 rings (SSSR count). The molecule has 0 unspecified atom stereocenters. The molecule has 144 valence electrons. The molecule has 2 aromatic heterocycles. The average molecular weight is 433 g/mol. The van der Waals surface area contributed by atoms with Gasteiger partial charge in [-0.1, -0.05) is 29.3 Å². The quantitative estimate of drug-likeness (QED) is 0.612. The fourth-order valence-corrected chi connectivity index (χ4v) is 4.39. The number of benzene rings is 1. The molecular formula is C20H18Cl2N4OS. The fraction of sp³-hybridized carbons (Fsp3) is 0.250. The Morgan fingerprint density at radius 1 is 1.04 bits per heavy atom. The highest BCUT2D eigenvalue weighted by atomic mass is 35.5. The van der Waals surface area contributed by atoms with Crippen LogP contribution < -0.4 is 4.90 Å². The van der Waals surface area contributed by atoms with Crippen molar-refractivity contribution in [1.29, 1.82) is 0 Å². The molecule has 3 heterocycles. The first kappa shape index (κ1) is 19.2. The number of amides is 1. The molecule has 0 radical (unpaired) electrons. The van der Waals surface area contributed by atoms with Crippen LogP contribution in [0.25, 0.3) is 11.3 Å². The topological polar surface area (TPSA) is 49.3 Å². The van der Waals surface area contributed by atoms with E-state index in [-0.39, 0.29) is 5.91 Å². The van der Waals surface area contributed by atoms with E-state index in [2.05, 4.69) is 15.1 Å². The summed E-state index contributed by atoms with van der Waals surface area (Å²) in [6.45, 7) is 2.87. The zero-order valence-corrected chi connectivity index (χ0v) is 17.3. The lowest BCUT2D eigenvalue weighted by Crippen LogP contribution is -2.49. The highest BCUT2D eigenvalue weighted by molar-refractivity contribution is 7.10. The molecule has 5 nitrogen and oxygen atoms in total. The number of carbonyl (C=O) groups is 1. The van der Waals surface area contributed by atoms with Crippen LogP contribution in [0.3, 0.4) is 0 Å². The average Bonchev–Trinajstić information content (AvgIpc) is 3.21. The zero-order valence-electron chi connectivity index (χ0n) is 15.0. The molecular weight excluding hydrogens is 415 g/mol. The van der Waals surface area contributed by atoms with Crippen molar-refractivity contribution in [2.24, 2.45) is 0 Å². The maximum atomic E-state index is 12.4. The van der Waals surface area contributed by atoms with Crippen molar-refractivity contribution in [3.8, 4) is 11.3 Å². The summed E-state index contributed by atoms with van der Waals surface area (Å²) >= 11 is 13.8. The standard InChI is InChI=1S/C20H18Cl2N4OS/c21-14-3-4-16(17(22)12-14)18-5-6-19(24-23-18)25-7-9-26(10-8-25)20(27)13-15-2-1-11-28-15/h1-6,11-12H,7-10,13H2. The number of hydrogen-bond donors (Lipinski definition) is 0. The summed E-state index contributed by atoms with van der Waals surface area (Å²) < 4.78 is 0. The van der Waals surface area contributed by atoms with Crippen molar-refractivity contribution >= 4 is 46.3 Å². The predicted octanol–water partition coefficient (Wildman–Crippen LogP) is 4.40. The Bertz CT molecular complexity index is 955. The van der Waals surface area contributed by atoms with E-state index in [1.165, 1.54) is 0 Å². The Labute approximate surface area is 177 Å². The number of carbonyl (C=O) groups excluding carboxylic acids is 1. The number of aromatic nitrogens is 2. The number of thiophene rings is 1. The van der Waals surface area contributed by atoms with Gasteiger partial charge in [0.1, 0.15) is 0 Å². The lowest BCUT2D eigenvalue weighted by atomic mass is 10.1. The van der Waals surface area contributed by atoms with Gasteiger partial charge in [-0.2, -0.15) is 0 Å². The maximum absolute atomic E-state index is 12.4. The smallest absolute Gasteiger partial charge is 0.227 e. The SMILES string of the molecule is O=C(Cc1cccs1)N1CCN(c2ccc(-c3ccc(Cl)cc3Cl)nn2)CC1. The lowest BCUT2D eigenvalue weighted by Gasteiger charge is -2.35. The van der Waals surface area contributed by atoms with Crippen LogP contribution >= 0.6 is 34.5 Å². The van der Waals surface area contributed by atoms with Crippen LogP contribution in [0.1, 0.15) is 4.88 Å². The molecule has 1 aliphatic rings. The Hall–Kier alpha value is -2.15. The molecule has 3 aromatic rings. The molecule has 1 saturated heterocycles. The van der Waals surface area contributed by atoms with Gasteiger partial charge in [0.2, 0.25) is 5.91 Å². The summed E-state index contributed by atoms with van der Waals surface area (Å²) in [6.07, 6.45) is 0.480. The Morgan fingerprint density at radius 2 is 1.86 bits per heavy atom. The van der Waals surface area contributed by atoms with E-state index in [0.717, 1.165) is 29.3 Å². The Morgan fingerprint density at radius 3 is 2.50 bits per heavy atom. The van der Waals surface area contributed by atoms with Gasteiger partial charge in [0.05, 0.1) is 17.1 Å². The second-order valence-corrected chi connectivity index (χ2v) is 8.40. The molecule has 1 aliphatic heterocycles. The normalized spacial score (nSPS) is 14.4. The molecule has 1 fully saturated rings. The fourth-order valence-electron chi connectivity index (χ4n) is 3.19. The molecule has 1 aromatic carbocycles. The number of piperazine rings is 1. The van der Waals surface area contributed by atoms with E-state index in [0.29, 0.717) is 35.2 Å². The third kappa shape index (κ3) is 4.29. The first-order chi connectivity index (χ1) is 13.6. The highest BCUT2D eigenvalue weighted by Crippen LogP contribution is 2.29. The number of rotatable bonds is 4. The van der Waals surface area contributed by atoms with Gasteiger partial charge in [0.25, 0.3) is 0 Å². The maximum Gasteiger partial charge on any atom is 0.227 e. The summed E-state index contributed by atoms with van der Waals surface area (Å²) in [5.41, 5.74) is 1.50. The summed E-state index contributed by atoms with van der Waals surface area (Å²) in [6, 6.07) is 13.1. The highest BCUT2D eigenvalue weighted by Gasteiger charge is 2.22. The number of hydrogen-bond acceptors (Lipinski definition) is 5. The van der Waals surface area contributed by atoms with E-state index in [9.17, 15) is 4.79 Å². The van der Waals surface area contributed by atoms with Gasteiger partial charge in [0.15, 0.2) is 5.82 Å². The minimum Gasteiger partial charge on any atom is -0.352 e. The second kappa shape index (κ2) is 8.47. The van der Waals surface area contributed by atoms with Crippen LogP contribution in [0.15, 0.2) is 47.8 Å². The van der Waals surface area contributed by atoms with Crippen molar-refractivity contribution in [3.63, 3.8) is 0 Å². The Balaban J connectivity index is 1.37. The molecule has 0 aliphatic carbocycles. The molecule has 0 bridgehead atoms. The Kier molecular flexibility index (Phi) is 5.80. The molecule has 0 saturated carbocycles. The van der Waals surface area contributed by atoms with Crippen LogP contribution in [-0.4, -0.2) is 47.2 Å². The molecule has 0 spiro atoms. The molecule has 0 N–H and O–H groups in total. The summed E-state index contributed by atoms with van der Waals surface area (Å²) in [7, 11) is 0. The first-order valence-corrected chi connectivity index (χ1v) is 10.6. The van der Waals surface area contributed by atoms with Crippen molar-refractivity contribution < 1.29 is 4.79 Å². The number of anilines is 1. The number of halogens is 2. The first-order valence-electron chi connectivity index (χ1n) is 8.94.